The summed E-state index contributed by atoms with van der Waals surface area (Å²) in [5, 5.41) is 0. The number of nitrogens with zero attached hydrogens (tertiary/aromatic N) is 1. The van der Waals surface area contributed by atoms with Gasteiger partial charge in [0.15, 0.2) is 16.4 Å². The van der Waals surface area contributed by atoms with Gasteiger partial charge in [-0.1, -0.05) is 0 Å². The molecule has 88 valence electrons. The molecular weight excluding hydrogens is 253 g/mol. The number of hydrogen-bond acceptors (Lipinski definition) is 2. The third-order valence-corrected chi connectivity index (χ3v) is 2.35. The van der Waals surface area contributed by atoms with Crippen molar-refractivity contribution in [3.05, 3.63) is 57.0 Å². The largest absolute Gasteiger partial charge is 0.299 e. The van der Waals surface area contributed by atoms with Crippen molar-refractivity contribution in [2.75, 3.05) is 0 Å². The molecule has 0 unspecified atom stereocenters. The quantitative estimate of drug-likeness (QED) is 0.797. The van der Waals surface area contributed by atoms with Gasteiger partial charge in [0.05, 0.1) is 0 Å². The Balaban J connectivity index is 2.77. The number of benzene rings is 1. The number of hydrogen-bond donors (Lipinski definition) is 1. The van der Waals surface area contributed by atoms with Crippen LogP contribution in [-0.2, 0) is 0 Å². The lowest BCUT2D eigenvalue weighted by Gasteiger charge is -2.08. The molecule has 2 aromatic rings. The Morgan fingerprint density at radius 1 is 1.18 bits per heavy atom. The van der Waals surface area contributed by atoms with Gasteiger partial charge in [0.1, 0.15) is 11.5 Å². The lowest BCUT2D eigenvalue weighted by Crippen LogP contribution is -2.12. The van der Waals surface area contributed by atoms with Crippen molar-refractivity contribution in [2.45, 2.75) is 0 Å². The Morgan fingerprint density at radius 3 is 2.29 bits per heavy atom. The molecule has 0 aliphatic heterocycles. The fourth-order valence-corrected chi connectivity index (χ4v) is 1.61. The number of aromatic amines is 1. The predicted octanol–water partition coefficient (Wildman–Crippen LogP) is 2.31. The van der Waals surface area contributed by atoms with Gasteiger partial charge in [-0.25, -0.2) is 13.2 Å². The minimum atomic E-state index is -1.11. The fraction of sp³-hybridized carbons (Fsp3) is 0. The van der Waals surface area contributed by atoms with E-state index in [1.165, 1.54) is 0 Å². The first-order chi connectivity index (χ1) is 7.99. The third-order valence-electron chi connectivity index (χ3n) is 2.05. The SMILES string of the molecule is O=c1ccn(-c2c(F)cc(F)cc2F)c(=S)[nH]1. The van der Waals surface area contributed by atoms with Crippen LogP contribution in [0.15, 0.2) is 29.2 Å². The molecule has 1 aromatic carbocycles. The monoisotopic (exact) mass is 258 g/mol. The van der Waals surface area contributed by atoms with E-state index < -0.39 is 28.7 Å². The summed E-state index contributed by atoms with van der Waals surface area (Å²) in [6.45, 7) is 0. The second-order valence-electron chi connectivity index (χ2n) is 3.20. The van der Waals surface area contributed by atoms with Crippen LogP contribution in [0.1, 0.15) is 0 Å². The molecule has 2 rings (SSSR count). The Morgan fingerprint density at radius 2 is 1.76 bits per heavy atom. The van der Waals surface area contributed by atoms with Crippen LogP contribution in [0.25, 0.3) is 5.69 Å². The molecule has 1 heterocycles. The molecular formula is C10H5F3N2OS. The molecule has 0 amide bonds. The van der Waals surface area contributed by atoms with E-state index in [9.17, 15) is 18.0 Å². The van der Waals surface area contributed by atoms with Gasteiger partial charge < -0.3 is 0 Å². The molecule has 0 bridgehead atoms. The van der Waals surface area contributed by atoms with Crippen molar-refractivity contribution in [3.63, 3.8) is 0 Å². The van der Waals surface area contributed by atoms with E-state index in [2.05, 4.69) is 4.98 Å². The molecule has 3 nitrogen and oxygen atoms in total. The Hall–Kier alpha value is -1.89. The molecule has 0 fully saturated rings. The molecule has 0 atom stereocenters. The van der Waals surface area contributed by atoms with Crippen LogP contribution in [0.2, 0.25) is 0 Å². The molecule has 1 N–H and O–H groups in total. The highest BCUT2D eigenvalue weighted by Crippen LogP contribution is 2.18. The number of H-pyrrole nitrogens is 1. The second-order valence-corrected chi connectivity index (χ2v) is 3.58. The smallest absolute Gasteiger partial charge is 0.251 e. The van der Waals surface area contributed by atoms with Crippen LogP contribution in [0.3, 0.4) is 0 Å². The summed E-state index contributed by atoms with van der Waals surface area (Å²) in [5.74, 6) is -3.24. The minimum Gasteiger partial charge on any atom is -0.299 e. The number of halogens is 3. The van der Waals surface area contributed by atoms with Gasteiger partial charge in [-0.05, 0) is 12.2 Å². The maximum atomic E-state index is 13.4. The standard InChI is InChI=1S/C10H5F3N2OS/c11-5-3-6(12)9(7(13)4-5)15-2-1-8(16)14-10(15)17/h1-4H,(H,14,16,17). The Labute approximate surface area is 98.2 Å². The van der Waals surface area contributed by atoms with Gasteiger partial charge >= 0.3 is 0 Å². The zero-order valence-electron chi connectivity index (χ0n) is 8.21. The molecule has 0 saturated carbocycles. The summed E-state index contributed by atoms with van der Waals surface area (Å²) in [6.07, 6.45) is 1.11. The first kappa shape index (κ1) is 11.6. The highest BCUT2D eigenvalue weighted by molar-refractivity contribution is 7.71. The van der Waals surface area contributed by atoms with Gasteiger partial charge in [0.25, 0.3) is 5.56 Å². The Kier molecular flexibility index (Phi) is 2.84. The van der Waals surface area contributed by atoms with Gasteiger partial charge in [-0.3, -0.25) is 14.3 Å². The van der Waals surface area contributed by atoms with Crippen molar-refractivity contribution < 1.29 is 13.2 Å². The normalized spacial score (nSPS) is 10.5. The topological polar surface area (TPSA) is 37.8 Å². The first-order valence-electron chi connectivity index (χ1n) is 4.46. The van der Waals surface area contributed by atoms with E-state index in [-0.39, 0.29) is 4.77 Å². The minimum absolute atomic E-state index is 0.179. The highest BCUT2D eigenvalue weighted by atomic mass is 32.1. The van der Waals surface area contributed by atoms with Crippen LogP contribution < -0.4 is 5.56 Å². The molecule has 0 aliphatic rings. The predicted molar refractivity (Wildman–Crippen MR) is 57.1 cm³/mol. The van der Waals surface area contributed by atoms with Crippen LogP contribution in [0, 0.1) is 22.2 Å². The van der Waals surface area contributed by atoms with E-state index in [0.29, 0.717) is 12.1 Å². The van der Waals surface area contributed by atoms with Crippen molar-refractivity contribution in [3.8, 4) is 5.69 Å². The number of nitrogens with one attached hydrogen (secondary N) is 1. The summed E-state index contributed by atoms with van der Waals surface area (Å²) in [5.41, 5.74) is -1.03. The molecule has 17 heavy (non-hydrogen) atoms. The van der Waals surface area contributed by atoms with Crippen molar-refractivity contribution in [2.24, 2.45) is 0 Å². The van der Waals surface area contributed by atoms with Gasteiger partial charge in [0.2, 0.25) is 0 Å². The van der Waals surface area contributed by atoms with Crippen LogP contribution in [0.4, 0.5) is 13.2 Å². The zero-order valence-corrected chi connectivity index (χ0v) is 9.02. The fourth-order valence-electron chi connectivity index (χ4n) is 1.36. The summed E-state index contributed by atoms with van der Waals surface area (Å²) in [7, 11) is 0. The number of rotatable bonds is 1. The van der Waals surface area contributed by atoms with Gasteiger partial charge in [-0.2, -0.15) is 0 Å². The van der Waals surface area contributed by atoms with Gasteiger partial charge in [-0.15, -0.1) is 0 Å². The zero-order chi connectivity index (χ0) is 12.6. The lowest BCUT2D eigenvalue weighted by molar-refractivity contribution is 0.532. The third kappa shape index (κ3) is 2.14. The van der Waals surface area contributed by atoms with Crippen LogP contribution in [0.5, 0.6) is 0 Å². The second kappa shape index (κ2) is 4.17. The van der Waals surface area contributed by atoms with Crippen molar-refractivity contribution >= 4 is 12.2 Å². The molecule has 1 aromatic heterocycles. The van der Waals surface area contributed by atoms with E-state index >= 15 is 0 Å². The average molecular weight is 258 g/mol. The molecule has 0 spiro atoms. The Bertz CT molecular complexity index is 669. The highest BCUT2D eigenvalue weighted by Gasteiger charge is 2.13. The van der Waals surface area contributed by atoms with Crippen molar-refractivity contribution in [1.82, 2.24) is 9.55 Å². The van der Waals surface area contributed by atoms with E-state index in [1.54, 1.807) is 0 Å². The number of aromatic nitrogens is 2. The lowest BCUT2D eigenvalue weighted by atomic mass is 10.2. The molecule has 7 heteroatoms. The summed E-state index contributed by atoms with van der Waals surface area (Å²) >= 11 is 4.75. The van der Waals surface area contributed by atoms with Crippen LogP contribution >= 0.6 is 12.2 Å². The molecule has 0 aliphatic carbocycles. The molecule has 0 radical (unpaired) electrons. The summed E-state index contributed by atoms with van der Waals surface area (Å²) in [4.78, 5) is 13.1. The maximum absolute atomic E-state index is 13.4. The summed E-state index contributed by atoms with van der Waals surface area (Å²) < 4.78 is 40.3. The van der Waals surface area contributed by atoms with Gasteiger partial charge in [0, 0.05) is 24.4 Å². The van der Waals surface area contributed by atoms with E-state index in [1.807, 2.05) is 0 Å². The summed E-state index contributed by atoms with van der Waals surface area (Å²) in [6, 6.07) is 2.12. The van der Waals surface area contributed by atoms with E-state index in [0.717, 1.165) is 16.8 Å². The average Bonchev–Trinajstić information content (AvgIpc) is 2.19. The van der Waals surface area contributed by atoms with E-state index in [4.69, 9.17) is 12.2 Å². The van der Waals surface area contributed by atoms with Crippen molar-refractivity contribution in [1.29, 1.82) is 0 Å². The maximum Gasteiger partial charge on any atom is 0.251 e. The first-order valence-corrected chi connectivity index (χ1v) is 4.87. The van der Waals surface area contributed by atoms with Crippen LogP contribution in [-0.4, -0.2) is 9.55 Å². The molecule has 0 saturated heterocycles.